The molecule has 1 aromatic carbocycles. The Kier molecular flexibility index (Phi) is 6.02. The third-order valence-corrected chi connectivity index (χ3v) is 5.41. The van der Waals surface area contributed by atoms with Gasteiger partial charge in [0, 0.05) is 25.8 Å². The normalized spacial score (nSPS) is 11.9. The van der Waals surface area contributed by atoms with Gasteiger partial charge in [0.15, 0.2) is 0 Å². The number of sulfonamides is 1. The largest absolute Gasteiger partial charge is 0.385 e. The van der Waals surface area contributed by atoms with Gasteiger partial charge in [0.2, 0.25) is 10.0 Å². The third-order valence-electron chi connectivity index (χ3n) is 3.25. The van der Waals surface area contributed by atoms with Crippen LogP contribution < -0.4 is 5.32 Å². The molecule has 0 amide bonds. The number of hydrogen-bond donors (Lipinski definition) is 1. The van der Waals surface area contributed by atoms with E-state index in [2.05, 4.69) is 12.2 Å². The standard InChI is InChI=1S/C15H26N2O2S/c1-6-8-16-14-10-12(3)15(13(4)11-14)20(18,19)17(5)9-7-2/h10-11,16H,6-9H2,1-5H3. The molecule has 0 fully saturated rings. The van der Waals surface area contributed by atoms with Crippen LogP contribution in [0.2, 0.25) is 0 Å². The average Bonchev–Trinajstić information content (AvgIpc) is 2.35. The van der Waals surface area contributed by atoms with Crippen molar-refractivity contribution in [2.24, 2.45) is 0 Å². The number of anilines is 1. The summed E-state index contributed by atoms with van der Waals surface area (Å²) in [5, 5.41) is 3.30. The zero-order valence-electron chi connectivity index (χ0n) is 13.2. The molecule has 0 saturated carbocycles. The van der Waals surface area contributed by atoms with Gasteiger partial charge in [-0.2, -0.15) is 0 Å². The van der Waals surface area contributed by atoms with Crippen molar-refractivity contribution in [2.75, 3.05) is 25.5 Å². The molecule has 0 aromatic heterocycles. The highest BCUT2D eigenvalue weighted by Crippen LogP contribution is 2.26. The molecule has 0 aliphatic carbocycles. The third kappa shape index (κ3) is 3.73. The molecule has 0 aliphatic heterocycles. The highest BCUT2D eigenvalue weighted by atomic mass is 32.2. The van der Waals surface area contributed by atoms with Gasteiger partial charge >= 0.3 is 0 Å². The van der Waals surface area contributed by atoms with Gasteiger partial charge in [-0.25, -0.2) is 12.7 Å². The van der Waals surface area contributed by atoms with Crippen LogP contribution in [0.4, 0.5) is 5.69 Å². The molecule has 0 radical (unpaired) electrons. The molecule has 0 atom stereocenters. The topological polar surface area (TPSA) is 49.4 Å². The fraction of sp³-hybridized carbons (Fsp3) is 0.600. The first-order valence-electron chi connectivity index (χ1n) is 7.16. The molecule has 4 nitrogen and oxygen atoms in total. The maximum Gasteiger partial charge on any atom is 0.243 e. The first kappa shape index (κ1) is 17.0. The summed E-state index contributed by atoms with van der Waals surface area (Å²) in [5.74, 6) is 0. The average molecular weight is 298 g/mol. The second-order valence-electron chi connectivity index (χ2n) is 5.19. The molecule has 1 aromatic rings. The van der Waals surface area contributed by atoms with Crippen LogP contribution >= 0.6 is 0 Å². The number of benzene rings is 1. The lowest BCUT2D eigenvalue weighted by Gasteiger charge is -2.20. The van der Waals surface area contributed by atoms with E-state index in [-0.39, 0.29) is 0 Å². The van der Waals surface area contributed by atoms with Crippen molar-refractivity contribution in [1.82, 2.24) is 4.31 Å². The molecule has 0 heterocycles. The maximum absolute atomic E-state index is 12.6. The number of nitrogens with zero attached hydrogens (tertiary/aromatic N) is 1. The first-order chi connectivity index (χ1) is 9.34. The summed E-state index contributed by atoms with van der Waals surface area (Å²) in [6.45, 7) is 9.22. The van der Waals surface area contributed by atoms with E-state index in [0.717, 1.165) is 36.2 Å². The van der Waals surface area contributed by atoms with Gasteiger partial charge in [-0.1, -0.05) is 13.8 Å². The lowest BCUT2D eigenvalue weighted by molar-refractivity contribution is 0.467. The molecule has 0 spiro atoms. The van der Waals surface area contributed by atoms with Crippen LogP contribution in [0.25, 0.3) is 0 Å². The van der Waals surface area contributed by atoms with Gasteiger partial charge < -0.3 is 5.32 Å². The highest BCUT2D eigenvalue weighted by molar-refractivity contribution is 7.89. The molecule has 20 heavy (non-hydrogen) atoms. The van der Waals surface area contributed by atoms with Gasteiger partial charge in [0.05, 0.1) is 4.90 Å². The summed E-state index contributed by atoms with van der Waals surface area (Å²) in [6.07, 6.45) is 1.85. The summed E-state index contributed by atoms with van der Waals surface area (Å²) in [5.41, 5.74) is 2.58. The van der Waals surface area contributed by atoms with Crippen LogP contribution in [0.3, 0.4) is 0 Å². The quantitative estimate of drug-likeness (QED) is 0.841. The van der Waals surface area contributed by atoms with Gasteiger partial charge in [-0.05, 0) is 49.9 Å². The van der Waals surface area contributed by atoms with Crippen molar-refractivity contribution in [3.8, 4) is 0 Å². The lowest BCUT2D eigenvalue weighted by atomic mass is 10.1. The van der Waals surface area contributed by atoms with Crippen molar-refractivity contribution in [3.05, 3.63) is 23.3 Å². The van der Waals surface area contributed by atoms with E-state index in [0.29, 0.717) is 11.4 Å². The predicted octanol–water partition coefficient (Wildman–Crippen LogP) is 3.16. The van der Waals surface area contributed by atoms with E-state index in [4.69, 9.17) is 0 Å². The van der Waals surface area contributed by atoms with Crippen LogP contribution in [-0.2, 0) is 10.0 Å². The Morgan fingerprint density at radius 1 is 1.10 bits per heavy atom. The molecular weight excluding hydrogens is 272 g/mol. The van der Waals surface area contributed by atoms with Crippen molar-refractivity contribution < 1.29 is 8.42 Å². The van der Waals surface area contributed by atoms with E-state index < -0.39 is 10.0 Å². The Labute approximate surface area is 123 Å². The number of rotatable bonds is 7. The zero-order valence-corrected chi connectivity index (χ0v) is 14.0. The number of hydrogen-bond acceptors (Lipinski definition) is 3. The molecular formula is C15H26N2O2S. The molecule has 0 unspecified atom stereocenters. The van der Waals surface area contributed by atoms with Gasteiger partial charge in [0.1, 0.15) is 0 Å². The molecule has 0 aliphatic rings. The minimum Gasteiger partial charge on any atom is -0.385 e. The Bertz CT molecular complexity index is 530. The van der Waals surface area contributed by atoms with E-state index in [1.807, 2.05) is 32.9 Å². The van der Waals surface area contributed by atoms with E-state index in [1.165, 1.54) is 4.31 Å². The zero-order chi connectivity index (χ0) is 15.3. The van der Waals surface area contributed by atoms with E-state index in [1.54, 1.807) is 7.05 Å². The Balaban J connectivity index is 3.19. The number of nitrogens with one attached hydrogen (secondary N) is 1. The van der Waals surface area contributed by atoms with Crippen LogP contribution in [0.1, 0.15) is 37.8 Å². The second-order valence-corrected chi connectivity index (χ2v) is 7.17. The predicted molar refractivity (Wildman–Crippen MR) is 84.8 cm³/mol. The molecule has 5 heteroatoms. The van der Waals surface area contributed by atoms with Crippen LogP contribution in [0, 0.1) is 13.8 Å². The fourth-order valence-electron chi connectivity index (χ4n) is 2.32. The van der Waals surface area contributed by atoms with E-state index in [9.17, 15) is 8.42 Å². The minimum atomic E-state index is -3.39. The molecule has 114 valence electrons. The monoisotopic (exact) mass is 298 g/mol. The van der Waals surface area contributed by atoms with E-state index >= 15 is 0 Å². The summed E-state index contributed by atoms with van der Waals surface area (Å²) in [4.78, 5) is 0.440. The minimum absolute atomic E-state index is 0.440. The highest BCUT2D eigenvalue weighted by Gasteiger charge is 2.24. The first-order valence-corrected chi connectivity index (χ1v) is 8.60. The fourth-order valence-corrected chi connectivity index (χ4v) is 3.99. The van der Waals surface area contributed by atoms with Gasteiger partial charge in [0.25, 0.3) is 0 Å². The van der Waals surface area contributed by atoms with Crippen LogP contribution in [-0.4, -0.2) is 32.9 Å². The summed E-state index contributed by atoms with van der Waals surface area (Å²) < 4.78 is 26.6. The molecule has 0 saturated heterocycles. The smallest absolute Gasteiger partial charge is 0.243 e. The van der Waals surface area contributed by atoms with Crippen LogP contribution in [0.15, 0.2) is 17.0 Å². The van der Waals surface area contributed by atoms with Gasteiger partial charge in [-0.3, -0.25) is 0 Å². The molecule has 1 N–H and O–H groups in total. The van der Waals surface area contributed by atoms with Crippen LogP contribution in [0.5, 0.6) is 0 Å². The van der Waals surface area contributed by atoms with Gasteiger partial charge in [-0.15, -0.1) is 0 Å². The summed E-state index contributed by atoms with van der Waals surface area (Å²) >= 11 is 0. The Morgan fingerprint density at radius 3 is 2.10 bits per heavy atom. The van der Waals surface area contributed by atoms with Crippen molar-refractivity contribution in [3.63, 3.8) is 0 Å². The Morgan fingerprint density at radius 2 is 1.65 bits per heavy atom. The number of aryl methyl sites for hydroxylation is 2. The Hall–Kier alpha value is -1.07. The molecule has 0 bridgehead atoms. The lowest BCUT2D eigenvalue weighted by Crippen LogP contribution is -2.29. The summed E-state index contributed by atoms with van der Waals surface area (Å²) in [7, 11) is -1.75. The molecule has 1 rings (SSSR count). The maximum atomic E-state index is 12.6. The van der Waals surface area contributed by atoms with Crippen molar-refractivity contribution >= 4 is 15.7 Å². The second kappa shape index (κ2) is 7.09. The summed E-state index contributed by atoms with van der Waals surface area (Å²) in [6, 6.07) is 3.82. The SMILES string of the molecule is CCCNc1cc(C)c(S(=O)(=O)N(C)CCC)c(C)c1. The van der Waals surface area contributed by atoms with Crippen molar-refractivity contribution in [1.29, 1.82) is 0 Å². The van der Waals surface area contributed by atoms with Crippen molar-refractivity contribution in [2.45, 2.75) is 45.4 Å².